The molecule has 0 atom stereocenters. The molecule has 0 radical (unpaired) electrons. The van der Waals surface area contributed by atoms with E-state index in [0.29, 0.717) is 0 Å². The Labute approximate surface area is 219 Å². The summed E-state index contributed by atoms with van der Waals surface area (Å²) in [5, 5.41) is 8.93. The number of hydrogen-bond acceptors (Lipinski definition) is 5. The van der Waals surface area contributed by atoms with Crippen LogP contribution in [0, 0.1) is 0 Å². The van der Waals surface area contributed by atoms with E-state index in [2.05, 4.69) is 53.5 Å². The lowest BCUT2D eigenvalue weighted by atomic mass is 9.97. The molecule has 1 heterocycles. The number of ketones is 1. The molecule has 7 heteroatoms. The summed E-state index contributed by atoms with van der Waals surface area (Å²) in [4.78, 5) is 39.8. The van der Waals surface area contributed by atoms with Gasteiger partial charge in [-0.05, 0) is 29.3 Å². The smallest absolute Gasteiger partial charge is 0.340 e. The maximum absolute atomic E-state index is 12.7. The quantitative estimate of drug-likeness (QED) is 0.216. The van der Waals surface area contributed by atoms with Gasteiger partial charge in [0.2, 0.25) is 0 Å². The number of carbonyl (C=O) groups excluding carboxylic acids is 2. The summed E-state index contributed by atoms with van der Waals surface area (Å²) in [6.45, 7) is -0.0192. The number of esters is 1. The Bertz CT molecular complexity index is 1460. The first kappa shape index (κ1) is 25.8. The number of carbonyl (C=O) groups is 3. The van der Waals surface area contributed by atoms with Gasteiger partial charge in [0.05, 0.1) is 17.5 Å². The Morgan fingerprint density at radius 2 is 1.21 bits per heavy atom. The molecular weight excluding hydrogens is 480 g/mol. The highest BCUT2D eigenvalue weighted by molar-refractivity contribution is 6.14. The molecule has 0 aliphatic carbocycles. The summed E-state index contributed by atoms with van der Waals surface area (Å²) < 4.78 is 6.78. The van der Waals surface area contributed by atoms with Gasteiger partial charge in [0.25, 0.3) is 0 Å². The number of carboxylic acid groups (broad SMARTS) is 1. The zero-order valence-electron chi connectivity index (χ0n) is 20.3. The molecule has 0 aliphatic rings. The van der Waals surface area contributed by atoms with Gasteiger partial charge in [0.15, 0.2) is 12.5 Å². The summed E-state index contributed by atoms with van der Waals surface area (Å²) in [6, 6.07) is 32.6. The van der Waals surface area contributed by atoms with Gasteiger partial charge < -0.3 is 14.4 Å². The second kappa shape index (κ2) is 12.6. The van der Waals surface area contributed by atoms with Gasteiger partial charge in [-0.25, -0.2) is 14.6 Å². The van der Waals surface area contributed by atoms with Crippen molar-refractivity contribution in [3.63, 3.8) is 0 Å². The van der Waals surface area contributed by atoms with E-state index in [1.165, 1.54) is 53.9 Å². The van der Waals surface area contributed by atoms with Crippen LogP contribution in [0.15, 0.2) is 128 Å². The number of imidazole rings is 1. The maximum atomic E-state index is 12.7. The maximum Gasteiger partial charge on any atom is 0.340 e. The SMILES string of the molecule is O=C(O)c1ccc(C(=O)c2ccccc2C(=O)OCn2ccnc2)cc1.c1ccc(-c2ccccc2)cc1. The van der Waals surface area contributed by atoms with E-state index in [0.717, 1.165) is 0 Å². The van der Waals surface area contributed by atoms with E-state index in [1.807, 2.05) is 12.1 Å². The number of rotatable bonds is 7. The van der Waals surface area contributed by atoms with Crippen molar-refractivity contribution in [1.82, 2.24) is 9.55 Å². The Morgan fingerprint density at radius 1 is 0.684 bits per heavy atom. The molecule has 5 aromatic rings. The van der Waals surface area contributed by atoms with Crippen molar-refractivity contribution in [2.45, 2.75) is 6.73 Å². The monoisotopic (exact) mass is 504 g/mol. The van der Waals surface area contributed by atoms with E-state index < -0.39 is 17.7 Å². The molecule has 0 aliphatic heterocycles. The third kappa shape index (κ3) is 6.67. The van der Waals surface area contributed by atoms with Crippen molar-refractivity contribution in [1.29, 1.82) is 0 Å². The Kier molecular flexibility index (Phi) is 8.55. The fourth-order valence-corrected chi connectivity index (χ4v) is 3.61. The molecule has 5 rings (SSSR count). The van der Waals surface area contributed by atoms with Crippen molar-refractivity contribution < 1.29 is 24.2 Å². The van der Waals surface area contributed by atoms with Gasteiger partial charge in [0, 0.05) is 23.5 Å². The molecule has 0 saturated heterocycles. The van der Waals surface area contributed by atoms with Gasteiger partial charge in [-0.15, -0.1) is 0 Å². The number of aromatic carboxylic acids is 1. The van der Waals surface area contributed by atoms with Crippen LogP contribution in [-0.4, -0.2) is 32.4 Å². The van der Waals surface area contributed by atoms with Gasteiger partial charge in [-0.2, -0.15) is 0 Å². The van der Waals surface area contributed by atoms with Crippen LogP contribution < -0.4 is 0 Å². The Balaban J connectivity index is 0.000000232. The van der Waals surface area contributed by atoms with E-state index in [9.17, 15) is 14.4 Å². The second-order valence-electron chi connectivity index (χ2n) is 8.13. The van der Waals surface area contributed by atoms with E-state index in [-0.39, 0.29) is 29.0 Å². The molecule has 0 bridgehead atoms. The fourth-order valence-electron chi connectivity index (χ4n) is 3.61. The van der Waals surface area contributed by atoms with Crippen molar-refractivity contribution in [2.24, 2.45) is 0 Å². The highest BCUT2D eigenvalue weighted by Crippen LogP contribution is 2.18. The molecule has 1 N–H and O–H groups in total. The number of aromatic nitrogens is 2. The standard InChI is InChI=1S/C19H14N2O5.C12H10/c22-17(13-5-7-14(8-6-13)18(23)24)15-3-1-2-4-16(15)19(25)26-12-21-10-9-20-11-21;1-3-7-11(8-4-1)12-9-5-2-6-10-12/h1-11H,12H2,(H,23,24);1-10H. The summed E-state index contributed by atoms with van der Waals surface area (Å²) in [7, 11) is 0. The van der Waals surface area contributed by atoms with Crippen molar-refractivity contribution in [2.75, 3.05) is 0 Å². The Morgan fingerprint density at radius 3 is 1.74 bits per heavy atom. The van der Waals surface area contributed by atoms with Crippen LogP contribution in [0.5, 0.6) is 0 Å². The third-order valence-electron chi connectivity index (χ3n) is 5.57. The average molecular weight is 505 g/mol. The number of carboxylic acids is 1. The van der Waals surface area contributed by atoms with Crippen LogP contribution in [0.25, 0.3) is 11.1 Å². The van der Waals surface area contributed by atoms with E-state index in [1.54, 1.807) is 29.1 Å². The van der Waals surface area contributed by atoms with Crippen molar-refractivity contribution in [3.8, 4) is 11.1 Å². The molecule has 4 aromatic carbocycles. The molecule has 0 fully saturated rings. The van der Waals surface area contributed by atoms with Crippen LogP contribution in [0.3, 0.4) is 0 Å². The topological polar surface area (TPSA) is 98.5 Å². The lowest BCUT2D eigenvalue weighted by molar-refractivity contribution is 0.0369. The summed E-state index contributed by atoms with van der Waals surface area (Å²) in [6.07, 6.45) is 4.72. The largest absolute Gasteiger partial charge is 0.478 e. The fraction of sp³-hybridized carbons (Fsp3) is 0.0323. The minimum atomic E-state index is -1.08. The number of hydrogen-bond donors (Lipinski definition) is 1. The first-order chi connectivity index (χ1) is 18.5. The summed E-state index contributed by atoms with van der Waals surface area (Å²) >= 11 is 0. The predicted octanol–water partition coefficient (Wildman–Crippen LogP) is 5.98. The number of ether oxygens (including phenoxy) is 1. The Hall–Kier alpha value is -5.30. The highest BCUT2D eigenvalue weighted by Gasteiger charge is 2.19. The minimum absolute atomic E-state index is 0.0192. The molecule has 1 aromatic heterocycles. The average Bonchev–Trinajstić information content (AvgIpc) is 3.51. The lowest BCUT2D eigenvalue weighted by Crippen LogP contribution is -2.14. The van der Waals surface area contributed by atoms with Crippen LogP contribution in [0.2, 0.25) is 0 Å². The van der Waals surface area contributed by atoms with Crippen LogP contribution in [-0.2, 0) is 11.5 Å². The predicted molar refractivity (Wildman–Crippen MR) is 143 cm³/mol. The molecule has 38 heavy (non-hydrogen) atoms. The van der Waals surface area contributed by atoms with E-state index >= 15 is 0 Å². The number of benzene rings is 4. The molecule has 188 valence electrons. The molecular formula is C31H24N2O5. The third-order valence-corrected chi connectivity index (χ3v) is 5.57. The lowest BCUT2D eigenvalue weighted by Gasteiger charge is -2.09. The normalized spacial score (nSPS) is 10.1. The van der Waals surface area contributed by atoms with Gasteiger partial charge >= 0.3 is 11.9 Å². The zero-order valence-corrected chi connectivity index (χ0v) is 20.3. The molecule has 0 saturated carbocycles. The van der Waals surface area contributed by atoms with Gasteiger partial charge in [-0.3, -0.25) is 4.79 Å². The van der Waals surface area contributed by atoms with Crippen LogP contribution in [0.1, 0.15) is 36.6 Å². The van der Waals surface area contributed by atoms with Crippen molar-refractivity contribution >= 4 is 17.7 Å². The first-order valence-electron chi connectivity index (χ1n) is 11.7. The molecule has 0 unspecified atom stereocenters. The van der Waals surface area contributed by atoms with Gasteiger partial charge in [0.1, 0.15) is 0 Å². The zero-order chi connectivity index (χ0) is 26.7. The second-order valence-corrected chi connectivity index (χ2v) is 8.13. The first-order valence-corrected chi connectivity index (χ1v) is 11.7. The minimum Gasteiger partial charge on any atom is -0.478 e. The van der Waals surface area contributed by atoms with Crippen LogP contribution >= 0.6 is 0 Å². The molecule has 0 spiro atoms. The molecule has 0 amide bonds. The molecule has 7 nitrogen and oxygen atoms in total. The van der Waals surface area contributed by atoms with Crippen LogP contribution in [0.4, 0.5) is 0 Å². The highest BCUT2D eigenvalue weighted by atomic mass is 16.5. The summed E-state index contributed by atoms with van der Waals surface area (Å²) in [5.74, 6) is -2.10. The van der Waals surface area contributed by atoms with E-state index in [4.69, 9.17) is 9.84 Å². The van der Waals surface area contributed by atoms with Gasteiger partial charge in [-0.1, -0.05) is 91.0 Å². The summed E-state index contributed by atoms with van der Waals surface area (Å²) in [5.41, 5.74) is 3.24. The van der Waals surface area contributed by atoms with Crippen molar-refractivity contribution in [3.05, 3.63) is 150 Å². The number of nitrogens with zero attached hydrogens (tertiary/aromatic N) is 2.